The van der Waals surface area contributed by atoms with Gasteiger partial charge in [0.25, 0.3) is 0 Å². The highest BCUT2D eigenvalue weighted by Gasteiger charge is 2.17. The van der Waals surface area contributed by atoms with Crippen LogP contribution in [0.5, 0.6) is 0 Å². The fraction of sp³-hybridized carbons (Fsp3) is 0.500. The van der Waals surface area contributed by atoms with Crippen LogP contribution in [-0.2, 0) is 9.53 Å². The first-order valence-corrected chi connectivity index (χ1v) is 7.91. The standard InChI is InChI=1S/C18H26N2O2/c1-16(13-17-7-4-3-5-8-17)14-19-9-6-10-20(12-11-19)15-18(21)22-2/h3-5,7-8,13H,6,9-12,14-15H2,1-2H3/b16-13+. The van der Waals surface area contributed by atoms with Crippen LogP contribution in [0.4, 0.5) is 0 Å². The molecule has 0 bridgehead atoms. The normalized spacial score (nSPS) is 18.0. The van der Waals surface area contributed by atoms with Crippen LogP contribution in [0.15, 0.2) is 35.9 Å². The summed E-state index contributed by atoms with van der Waals surface area (Å²) in [5, 5.41) is 0. The minimum absolute atomic E-state index is 0.145. The van der Waals surface area contributed by atoms with Crippen LogP contribution in [0, 0.1) is 0 Å². The van der Waals surface area contributed by atoms with Crippen LogP contribution < -0.4 is 0 Å². The van der Waals surface area contributed by atoms with Crippen molar-refractivity contribution in [2.24, 2.45) is 0 Å². The summed E-state index contributed by atoms with van der Waals surface area (Å²) in [7, 11) is 1.45. The second-order valence-corrected chi connectivity index (χ2v) is 5.88. The number of methoxy groups -OCH3 is 1. The molecule has 0 spiro atoms. The highest BCUT2D eigenvalue weighted by molar-refractivity contribution is 5.71. The van der Waals surface area contributed by atoms with Gasteiger partial charge >= 0.3 is 5.97 Å². The molecule has 1 aromatic carbocycles. The van der Waals surface area contributed by atoms with Crippen molar-refractivity contribution >= 4 is 12.0 Å². The second kappa shape index (κ2) is 8.71. The highest BCUT2D eigenvalue weighted by atomic mass is 16.5. The Morgan fingerprint density at radius 2 is 1.73 bits per heavy atom. The van der Waals surface area contributed by atoms with E-state index in [2.05, 4.69) is 47.1 Å². The zero-order chi connectivity index (χ0) is 15.8. The van der Waals surface area contributed by atoms with E-state index in [1.54, 1.807) is 0 Å². The van der Waals surface area contributed by atoms with Gasteiger partial charge in [-0.05, 0) is 25.5 Å². The van der Waals surface area contributed by atoms with Gasteiger partial charge in [-0.2, -0.15) is 0 Å². The number of benzene rings is 1. The fourth-order valence-electron chi connectivity index (χ4n) is 2.82. The lowest BCUT2D eigenvalue weighted by molar-refractivity contribution is -0.141. The number of nitrogens with zero attached hydrogens (tertiary/aromatic N) is 2. The average Bonchev–Trinajstić information content (AvgIpc) is 2.73. The third-order valence-corrected chi connectivity index (χ3v) is 3.95. The maximum absolute atomic E-state index is 11.4. The molecule has 0 radical (unpaired) electrons. The molecule has 0 aromatic heterocycles. The molecule has 4 heteroatoms. The highest BCUT2D eigenvalue weighted by Crippen LogP contribution is 2.10. The van der Waals surface area contributed by atoms with Gasteiger partial charge < -0.3 is 4.74 Å². The number of hydrogen-bond donors (Lipinski definition) is 0. The molecule has 1 aromatic rings. The number of esters is 1. The summed E-state index contributed by atoms with van der Waals surface area (Å²) in [6.07, 6.45) is 3.34. The molecule has 0 atom stereocenters. The summed E-state index contributed by atoms with van der Waals surface area (Å²) >= 11 is 0. The number of ether oxygens (including phenoxy) is 1. The first kappa shape index (κ1) is 16.7. The Kier molecular flexibility index (Phi) is 6.62. The molecular formula is C18H26N2O2. The van der Waals surface area contributed by atoms with Crippen molar-refractivity contribution in [2.75, 3.05) is 46.4 Å². The molecule has 0 aliphatic carbocycles. The minimum Gasteiger partial charge on any atom is -0.468 e. The van der Waals surface area contributed by atoms with Crippen LogP contribution in [0.1, 0.15) is 18.9 Å². The SMILES string of the molecule is COC(=O)CN1CCCN(C/C(C)=C/c2ccccc2)CC1. The molecule has 1 saturated heterocycles. The van der Waals surface area contributed by atoms with E-state index >= 15 is 0 Å². The smallest absolute Gasteiger partial charge is 0.319 e. The van der Waals surface area contributed by atoms with Crippen molar-refractivity contribution in [1.82, 2.24) is 9.80 Å². The minimum atomic E-state index is -0.145. The van der Waals surface area contributed by atoms with Crippen molar-refractivity contribution in [2.45, 2.75) is 13.3 Å². The zero-order valence-corrected chi connectivity index (χ0v) is 13.6. The third-order valence-electron chi connectivity index (χ3n) is 3.95. The van der Waals surface area contributed by atoms with Gasteiger partial charge in [-0.1, -0.05) is 42.0 Å². The van der Waals surface area contributed by atoms with Crippen LogP contribution in [0.2, 0.25) is 0 Å². The van der Waals surface area contributed by atoms with Gasteiger partial charge in [-0.15, -0.1) is 0 Å². The Labute approximate surface area is 133 Å². The lowest BCUT2D eigenvalue weighted by Gasteiger charge is -2.21. The van der Waals surface area contributed by atoms with Gasteiger partial charge in [-0.3, -0.25) is 14.6 Å². The molecule has 1 aliphatic rings. The van der Waals surface area contributed by atoms with Crippen LogP contribution in [0.25, 0.3) is 6.08 Å². The Hall–Kier alpha value is -1.65. The number of carbonyl (C=O) groups is 1. The largest absolute Gasteiger partial charge is 0.468 e. The third kappa shape index (κ3) is 5.62. The summed E-state index contributed by atoms with van der Waals surface area (Å²) in [5.74, 6) is -0.145. The topological polar surface area (TPSA) is 32.8 Å². The number of carbonyl (C=O) groups excluding carboxylic acids is 1. The molecule has 0 N–H and O–H groups in total. The Balaban J connectivity index is 1.84. The van der Waals surface area contributed by atoms with Crippen LogP contribution in [0.3, 0.4) is 0 Å². The van der Waals surface area contributed by atoms with Crippen molar-refractivity contribution < 1.29 is 9.53 Å². The molecule has 0 saturated carbocycles. The van der Waals surface area contributed by atoms with E-state index in [1.165, 1.54) is 18.2 Å². The molecule has 1 aliphatic heterocycles. The summed E-state index contributed by atoms with van der Waals surface area (Å²) in [5.41, 5.74) is 2.62. The predicted octanol–water partition coefficient (Wildman–Crippen LogP) is 2.27. The van der Waals surface area contributed by atoms with E-state index in [-0.39, 0.29) is 5.97 Å². The Bertz CT molecular complexity index is 499. The first-order chi connectivity index (χ1) is 10.7. The Morgan fingerprint density at radius 3 is 2.36 bits per heavy atom. The second-order valence-electron chi connectivity index (χ2n) is 5.88. The monoisotopic (exact) mass is 302 g/mol. The molecule has 4 nitrogen and oxygen atoms in total. The maximum atomic E-state index is 11.4. The van der Waals surface area contributed by atoms with Crippen molar-refractivity contribution in [3.05, 3.63) is 41.5 Å². The van der Waals surface area contributed by atoms with Crippen molar-refractivity contribution in [1.29, 1.82) is 0 Å². The van der Waals surface area contributed by atoms with Gasteiger partial charge in [0.1, 0.15) is 0 Å². The van der Waals surface area contributed by atoms with E-state index in [4.69, 9.17) is 4.74 Å². The van der Waals surface area contributed by atoms with Gasteiger partial charge in [0.2, 0.25) is 0 Å². The molecule has 120 valence electrons. The van der Waals surface area contributed by atoms with E-state index in [0.29, 0.717) is 6.54 Å². The quantitative estimate of drug-likeness (QED) is 0.781. The average molecular weight is 302 g/mol. The van der Waals surface area contributed by atoms with Crippen LogP contribution >= 0.6 is 0 Å². The Morgan fingerprint density at radius 1 is 1.09 bits per heavy atom. The summed E-state index contributed by atoms with van der Waals surface area (Å²) in [6.45, 7) is 7.55. The van der Waals surface area contributed by atoms with Gasteiger partial charge in [0.15, 0.2) is 0 Å². The number of rotatable bonds is 5. The molecule has 1 heterocycles. The van der Waals surface area contributed by atoms with Crippen molar-refractivity contribution in [3.8, 4) is 0 Å². The van der Waals surface area contributed by atoms with Crippen molar-refractivity contribution in [3.63, 3.8) is 0 Å². The van der Waals surface area contributed by atoms with E-state index in [9.17, 15) is 4.79 Å². The molecule has 1 fully saturated rings. The van der Waals surface area contributed by atoms with E-state index < -0.39 is 0 Å². The van der Waals surface area contributed by atoms with Gasteiger partial charge in [-0.25, -0.2) is 0 Å². The number of hydrogen-bond acceptors (Lipinski definition) is 4. The van der Waals surface area contributed by atoms with E-state index in [0.717, 1.165) is 39.1 Å². The summed E-state index contributed by atoms with van der Waals surface area (Å²) in [6, 6.07) is 10.4. The maximum Gasteiger partial charge on any atom is 0.319 e. The lowest BCUT2D eigenvalue weighted by Crippen LogP contribution is -2.35. The molecule has 0 unspecified atom stereocenters. The summed E-state index contributed by atoms with van der Waals surface area (Å²) in [4.78, 5) is 16.0. The fourth-order valence-corrected chi connectivity index (χ4v) is 2.82. The van der Waals surface area contributed by atoms with Gasteiger partial charge in [0, 0.05) is 26.2 Å². The molecular weight excluding hydrogens is 276 g/mol. The van der Waals surface area contributed by atoms with Crippen LogP contribution in [-0.4, -0.2) is 62.1 Å². The van der Waals surface area contributed by atoms with Gasteiger partial charge in [0.05, 0.1) is 13.7 Å². The van der Waals surface area contributed by atoms with E-state index in [1.807, 2.05) is 6.07 Å². The summed E-state index contributed by atoms with van der Waals surface area (Å²) < 4.78 is 4.75. The zero-order valence-electron chi connectivity index (χ0n) is 13.6. The molecule has 0 amide bonds. The predicted molar refractivity (Wildman–Crippen MR) is 89.6 cm³/mol. The first-order valence-electron chi connectivity index (χ1n) is 7.91. The molecule has 22 heavy (non-hydrogen) atoms. The molecule has 2 rings (SSSR count). The lowest BCUT2D eigenvalue weighted by atomic mass is 10.1.